The van der Waals surface area contributed by atoms with Crippen molar-refractivity contribution in [2.24, 2.45) is 0 Å². The zero-order valence-electron chi connectivity index (χ0n) is 15.5. The highest BCUT2D eigenvalue weighted by Crippen LogP contribution is 2.20. The number of nitrogens with one attached hydrogen (secondary N) is 3. The van der Waals surface area contributed by atoms with Crippen molar-refractivity contribution in [2.75, 3.05) is 11.6 Å². The normalized spacial score (nSPS) is 10.9. The Hall–Kier alpha value is -2.45. The number of thiocarbonyl (C=S) groups is 1. The zero-order chi connectivity index (χ0) is 20.0. The van der Waals surface area contributed by atoms with Gasteiger partial charge in [0.25, 0.3) is 5.91 Å². The summed E-state index contributed by atoms with van der Waals surface area (Å²) in [7, 11) is -3.11. The van der Waals surface area contributed by atoms with Crippen molar-refractivity contribution >= 4 is 38.8 Å². The van der Waals surface area contributed by atoms with Crippen molar-refractivity contribution in [3.05, 3.63) is 64.7 Å². The van der Waals surface area contributed by atoms with Crippen LogP contribution >= 0.6 is 12.2 Å². The van der Waals surface area contributed by atoms with Crippen molar-refractivity contribution in [3.63, 3.8) is 0 Å². The van der Waals surface area contributed by atoms with Crippen molar-refractivity contribution in [1.29, 1.82) is 0 Å². The summed E-state index contributed by atoms with van der Waals surface area (Å²) in [6.07, 6.45) is 2.03. The SMILES string of the molecule is CCc1cccc(C)c1NC(=S)NNC(=O)c1ccc(CS(C)(=O)=O)cc1. The minimum atomic E-state index is -3.11. The van der Waals surface area contributed by atoms with E-state index in [0.29, 0.717) is 11.1 Å². The quantitative estimate of drug-likeness (QED) is 0.524. The van der Waals surface area contributed by atoms with E-state index in [2.05, 4.69) is 23.1 Å². The molecule has 0 saturated carbocycles. The number of sulfone groups is 1. The van der Waals surface area contributed by atoms with Crippen LogP contribution in [0.5, 0.6) is 0 Å². The van der Waals surface area contributed by atoms with Gasteiger partial charge in [0.2, 0.25) is 0 Å². The smallest absolute Gasteiger partial charge is 0.269 e. The average Bonchev–Trinajstić information content (AvgIpc) is 2.60. The first-order valence-electron chi connectivity index (χ1n) is 8.42. The molecule has 0 heterocycles. The summed E-state index contributed by atoms with van der Waals surface area (Å²) < 4.78 is 22.6. The Labute approximate surface area is 165 Å². The van der Waals surface area contributed by atoms with Gasteiger partial charge in [0.1, 0.15) is 0 Å². The second kappa shape index (κ2) is 8.96. The Morgan fingerprint density at radius 3 is 2.33 bits per heavy atom. The number of para-hydroxylation sites is 1. The predicted molar refractivity (Wildman–Crippen MR) is 112 cm³/mol. The summed E-state index contributed by atoms with van der Waals surface area (Å²) in [6.45, 7) is 4.05. The first-order chi connectivity index (χ1) is 12.7. The summed E-state index contributed by atoms with van der Waals surface area (Å²) in [5.41, 5.74) is 9.37. The molecular weight excluding hydrogens is 382 g/mol. The summed E-state index contributed by atoms with van der Waals surface area (Å²) in [5.74, 6) is -0.428. The molecule has 0 spiro atoms. The van der Waals surface area contributed by atoms with Gasteiger partial charge in [0, 0.05) is 17.5 Å². The lowest BCUT2D eigenvalue weighted by atomic mass is 10.1. The fraction of sp³-hybridized carbons (Fsp3) is 0.263. The van der Waals surface area contributed by atoms with Crippen LogP contribution in [-0.4, -0.2) is 25.7 Å². The molecule has 8 heteroatoms. The Kier molecular flexibility index (Phi) is 6.92. The van der Waals surface area contributed by atoms with Gasteiger partial charge in [-0.05, 0) is 54.4 Å². The van der Waals surface area contributed by atoms with Crippen LogP contribution in [0.4, 0.5) is 5.69 Å². The fourth-order valence-corrected chi connectivity index (χ4v) is 3.54. The largest absolute Gasteiger partial charge is 0.331 e. The number of hydrogen-bond donors (Lipinski definition) is 3. The molecule has 0 radical (unpaired) electrons. The minimum Gasteiger partial charge on any atom is -0.331 e. The third-order valence-corrected chi connectivity index (χ3v) is 4.97. The molecule has 0 unspecified atom stereocenters. The minimum absolute atomic E-state index is 0.0582. The van der Waals surface area contributed by atoms with Crippen molar-refractivity contribution in [1.82, 2.24) is 10.9 Å². The molecule has 0 bridgehead atoms. The van der Waals surface area contributed by atoms with Crippen molar-refractivity contribution < 1.29 is 13.2 Å². The number of hydrazine groups is 1. The highest BCUT2D eigenvalue weighted by atomic mass is 32.2. The number of anilines is 1. The summed E-state index contributed by atoms with van der Waals surface area (Å²) >= 11 is 5.25. The maximum atomic E-state index is 12.2. The second-order valence-corrected chi connectivity index (χ2v) is 8.81. The van der Waals surface area contributed by atoms with Gasteiger partial charge in [-0.2, -0.15) is 0 Å². The number of amides is 1. The van der Waals surface area contributed by atoms with Gasteiger partial charge in [-0.1, -0.05) is 37.3 Å². The van der Waals surface area contributed by atoms with E-state index in [4.69, 9.17) is 12.2 Å². The molecule has 0 aromatic heterocycles. The standard InChI is InChI=1S/C19H23N3O3S2/c1-4-15-7-5-6-13(2)17(15)20-19(26)22-21-18(23)16-10-8-14(9-11-16)12-27(3,24)25/h5-11H,4,12H2,1-3H3,(H,21,23)(H2,20,22,26). The van der Waals surface area contributed by atoms with Crippen LogP contribution in [0.25, 0.3) is 0 Å². The predicted octanol–water partition coefficient (Wildman–Crippen LogP) is 2.73. The monoisotopic (exact) mass is 405 g/mol. The van der Waals surface area contributed by atoms with E-state index >= 15 is 0 Å². The van der Waals surface area contributed by atoms with E-state index in [1.54, 1.807) is 24.3 Å². The van der Waals surface area contributed by atoms with Gasteiger partial charge in [0.05, 0.1) is 5.75 Å². The summed E-state index contributed by atoms with van der Waals surface area (Å²) in [4.78, 5) is 12.2. The molecule has 144 valence electrons. The summed E-state index contributed by atoms with van der Waals surface area (Å²) in [6, 6.07) is 12.4. The maximum absolute atomic E-state index is 12.2. The van der Waals surface area contributed by atoms with Gasteiger partial charge < -0.3 is 5.32 Å². The molecule has 0 fully saturated rings. The first-order valence-corrected chi connectivity index (χ1v) is 10.9. The van der Waals surface area contributed by atoms with Crippen LogP contribution < -0.4 is 16.2 Å². The van der Waals surface area contributed by atoms with Gasteiger partial charge in [0.15, 0.2) is 14.9 Å². The number of aryl methyl sites for hydroxylation is 2. The molecular formula is C19H23N3O3S2. The number of carbonyl (C=O) groups excluding carboxylic acids is 1. The van der Waals surface area contributed by atoms with Gasteiger partial charge in [-0.25, -0.2) is 8.42 Å². The Morgan fingerprint density at radius 2 is 1.74 bits per heavy atom. The Morgan fingerprint density at radius 1 is 1.07 bits per heavy atom. The molecule has 3 N–H and O–H groups in total. The topological polar surface area (TPSA) is 87.3 Å². The molecule has 0 aliphatic heterocycles. The first kappa shape index (κ1) is 20.9. The van der Waals surface area contributed by atoms with Gasteiger partial charge >= 0.3 is 0 Å². The van der Waals surface area contributed by atoms with Gasteiger partial charge in [-0.15, -0.1) is 0 Å². The lowest BCUT2D eigenvalue weighted by Gasteiger charge is -2.16. The van der Waals surface area contributed by atoms with E-state index in [1.165, 1.54) is 6.26 Å². The van der Waals surface area contributed by atoms with Gasteiger partial charge in [-0.3, -0.25) is 15.6 Å². The number of rotatable bonds is 5. The van der Waals surface area contributed by atoms with E-state index in [9.17, 15) is 13.2 Å². The molecule has 0 saturated heterocycles. The molecule has 2 rings (SSSR count). The van der Waals surface area contributed by atoms with Crippen molar-refractivity contribution in [3.8, 4) is 0 Å². The van der Waals surface area contributed by atoms with E-state index < -0.39 is 9.84 Å². The molecule has 6 nitrogen and oxygen atoms in total. The molecule has 0 atom stereocenters. The molecule has 2 aromatic carbocycles. The highest BCUT2D eigenvalue weighted by molar-refractivity contribution is 7.89. The van der Waals surface area contributed by atoms with Crippen molar-refractivity contribution in [2.45, 2.75) is 26.0 Å². The third-order valence-electron chi connectivity index (χ3n) is 3.91. The number of benzene rings is 2. The molecule has 27 heavy (non-hydrogen) atoms. The zero-order valence-corrected chi connectivity index (χ0v) is 17.1. The lowest BCUT2D eigenvalue weighted by molar-refractivity contribution is 0.0944. The highest BCUT2D eigenvalue weighted by Gasteiger charge is 2.10. The third kappa shape index (κ3) is 6.33. The molecule has 0 aliphatic rings. The van der Waals surface area contributed by atoms with Crippen LogP contribution in [0.1, 0.15) is 34.0 Å². The average molecular weight is 406 g/mol. The molecule has 0 aliphatic carbocycles. The number of hydrogen-bond acceptors (Lipinski definition) is 4. The van der Waals surface area contributed by atoms with Crippen LogP contribution in [0.15, 0.2) is 42.5 Å². The molecule has 2 aromatic rings. The van der Waals surface area contributed by atoms with E-state index in [-0.39, 0.29) is 16.8 Å². The van der Waals surface area contributed by atoms with Crippen LogP contribution in [0.3, 0.4) is 0 Å². The molecule has 1 amide bonds. The van der Waals surface area contributed by atoms with Crippen LogP contribution in [0, 0.1) is 6.92 Å². The van der Waals surface area contributed by atoms with Crippen LogP contribution in [-0.2, 0) is 22.0 Å². The Bertz CT molecular complexity index is 939. The lowest BCUT2D eigenvalue weighted by Crippen LogP contribution is -2.44. The van der Waals surface area contributed by atoms with E-state index in [1.807, 2.05) is 25.1 Å². The number of carbonyl (C=O) groups is 1. The second-order valence-electron chi connectivity index (χ2n) is 6.26. The summed E-state index contributed by atoms with van der Waals surface area (Å²) in [5, 5.41) is 3.39. The van der Waals surface area contributed by atoms with Crippen LogP contribution in [0.2, 0.25) is 0 Å². The fourth-order valence-electron chi connectivity index (χ4n) is 2.59. The Balaban J connectivity index is 1.94. The van der Waals surface area contributed by atoms with E-state index in [0.717, 1.165) is 23.2 Å². The maximum Gasteiger partial charge on any atom is 0.269 e.